The van der Waals surface area contributed by atoms with Crippen LogP contribution < -0.4 is 10.6 Å². The fourth-order valence-corrected chi connectivity index (χ4v) is 2.00. The zero-order chi connectivity index (χ0) is 12.4. The molecule has 1 aromatic carbocycles. The quantitative estimate of drug-likeness (QED) is 0.477. The van der Waals surface area contributed by atoms with Crippen LogP contribution in [0.15, 0.2) is 18.2 Å². The molecule has 0 radical (unpaired) electrons. The van der Waals surface area contributed by atoms with Crippen molar-refractivity contribution in [3.63, 3.8) is 0 Å². The van der Waals surface area contributed by atoms with E-state index in [1.165, 1.54) is 6.07 Å². The van der Waals surface area contributed by atoms with E-state index >= 15 is 0 Å². The summed E-state index contributed by atoms with van der Waals surface area (Å²) in [5.74, 6) is 0. The van der Waals surface area contributed by atoms with E-state index in [0.717, 1.165) is 12.2 Å². The molecular weight excluding hydrogens is 222 g/mol. The number of morpholine rings is 1. The average Bonchev–Trinajstić information content (AvgIpc) is 2.28. The van der Waals surface area contributed by atoms with Gasteiger partial charge in [0.1, 0.15) is 0 Å². The van der Waals surface area contributed by atoms with Gasteiger partial charge in [0.15, 0.2) is 0 Å². The lowest BCUT2D eigenvalue weighted by molar-refractivity contribution is -0.384. The number of anilines is 2. The average molecular weight is 237 g/mol. The van der Waals surface area contributed by atoms with Crippen LogP contribution in [0.25, 0.3) is 0 Å². The Bertz CT molecular complexity index is 436. The number of nitro benzene ring substituents is 1. The Balaban J connectivity index is 2.33. The van der Waals surface area contributed by atoms with Crippen molar-refractivity contribution in [2.24, 2.45) is 0 Å². The van der Waals surface area contributed by atoms with Crippen molar-refractivity contribution in [1.29, 1.82) is 0 Å². The molecule has 1 fully saturated rings. The van der Waals surface area contributed by atoms with E-state index in [2.05, 4.69) is 4.90 Å². The number of benzene rings is 1. The predicted molar refractivity (Wildman–Crippen MR) is 65.1 cm³/mol. The van der Waals surface area contributed by atoms with E-state index in [4.69, 9.17) is 10.5 Å². The number of ether oxygens (including phenoxy) is 1. The van der Waals surface area contributed by atoms with Crippen LogP contribution in [0.4, 0.5) is 17.1 Å². The van der Waals surface area contributed by atoms with Crippen LogP contribution in [-0.4, -0.2) is 30.7 Å². The van der Waals surface area contributed by atoms with Gasteiger partial charge in [-0.1, -0.05) is 0 Å². The Labute approximate surface area is 99.1 Å². The molecule has 1 aromatic rings. The summed E-state index contributed by atoms with van der Waals surface area (Å²) in [5, 5.41) is 10.8. The summed E-state index contributed by atoms with van der Waals surface area (Å²) in [7, 11) is 0. The third-order valence-corrected chi connectivity index (χ3v) is 2.83. The smallest absolute Gasteiger partial charge is 0.273 e. The molecule has 0 spiro atoms. The summed E-state index contributed by atoms with van der Waals surface area (Å²) in [4.78, 5) is 12.4. The second-order valence-electron chi connectivity index (χ2n) is 4.16. The molecule has 1 unspecified atom stereocenters. The zero-order valence-corrected chi connectivity index (χ0v) is 9.63. The highest BCUT2D eigenvalue weighted by molar-refractivity contribution is 5.63. The number of hydrogen-bond donors (Lipinski definition) is 1. The summed E-state index contributed by atoms with van der Waals surface area (Å²) >= 11 is 0. The van der Waals surface area contributed by atoms with Gasteiger partial charge < -0.3 is 15.4 Å². The predicted octanol–water partition coefficient (Wildman–Crippen LogP) is 1.40. The number of nitro groups is 1. The Kier molecular flexibility index (Phi) is 3.14. The van der Waals surface area contributed by atoms with Gasteiger partial charge in [0.05, 0.1) is 18.1 Å². The normalized spacial score (nSPS) is 20.3. The van der Waals surface area contributed by atoms with Crippen LogP contribution in [0.5, 0.6) is 0 Å². The molecule has 17 heavy (non-hydrogen) atoms. The minimum Gasteiger partial charge on any atom is -0.398 e. The molecule has 1 atom stereocenters. The zero-order valence-electron chi connectivity index (χ0n) is 9.63. The van der Waals surface area contributed by atoms with E-state index < -0.39 is 4.92 Å². The minimum atomic E-state index is -0.426. The second kappa shape index (κ2) is 4.58. The fourth-order valence-electron chi connectivity index (χ4n) is 2.00. The summed E-state index contributed by atoms with van der Waals surface area (Å²) in [6.07, 6.45) is 0. The highest BCUT2D eigenvalue weighted by Gasteiger charge is 2.21. The van der Waals surface area contributed by atoms with Crippen molar-refractivity contribution < 1.29 is 9.66 Å². The van der Waals surface area contributed by atoms with Crippen LogP contribution in [-0.2, 0) is 4.74 Å². The Hall–Kier alpha value is -1.82. The molecular formula is C11H15N3O3. The van der Waals surface area contributed by atoms with E-state index in [9.17, 15) is 10.1 Å². The minimum absolute atomic E-state index is 0.0266. The lowest BCUT2D eigenvalue weighted by Gasteiger charge is -2.35. The van der Waals surface area contributed by atoms with Gasteiger partial charge in [-0.3, -0.25) is 10.1 Å². The molecule has 0 bridgehead atoms. The van der Waals surface area contributed by atoms with Crippen molar-refractivity contribution in [2.45, 2.75) is 13.0 Å². The van der Waals surface area contributed by atoms with Crippen LogP contribution in [0.2, 0.25) is 0 Å². The highest BCUT2D eigenvalue weighted by atomic mass is 16.6. The van der Waals surface area contributed by atoms with Gasteiger partial charge in [0.25, 0.3) is 5.69 Å². The van der Waals surface area contributed by atoms with E-state index in [-0.39, 0.29) is 11.7 Å². The van der Waals surface area contributed by atoms with Crippen LogP contribution in [0.3, 0.4) is 0 Å². The maximum absolute atomic E-state index is 10.8. The fraction of sp³-hybridized carbons (Fsp3) is 0.455. The van der Waals surface area contributed by atoms with Gasteiger partial charge in [-0.2, -0.15) is 0 Å². The maximum Gasteiger partial charge on any atom is 0.273 e. The Morgan fingerprint density at radius 3 is 2.94 bits per heavy atom. The lowest BCUT2D eigenvalue weighted by Crippen LogP contribution is -2.43. The number of nitrogens with zero attached hydrogens (tertiary/aromatic N) is 2. The third-order valence-electron chi connectivity index (χ3n) is 2.83. The van der Waals surface area contributed by atoms with Gasteiger partial charge in [0, 0.05) is 36.1 Å². The first kappa shape index (κ1) is 11.7. The largest absolute Gasteiger partial charge is 0.398 e. The third kappa shape index (κ3) is 2.47. The van der Waals surface area contributed by atoms with Gasteiger partial charge in [-0.15, -0.1) is 0 Å². The van der Waals surface area contributed by atoms with Gasteiger partial charge in [0.2, 0.25) is 0 Å². The highest BCUT2D eigenvalue weighted by Crippen LogP contribution is 2.27. The maximum atomic E-state index is 10.8. The molecule has 0 aliphatic carbocycles. The topological polar surface area (TPSA) is 81.6 Å². The summed E-state index contributed by atoms with van der Waals surface area (Å²) in [6, 6.07) is 4.88. The van der Waals surface area contributed by atoms with Gasteiger partial charge in [-0.25, -0.2) is 0 Å². The monoisotopic (exact) mass is 237 g/mol. The number of rotatable bonds is 2. The van der Waals surface area contributed by atoms with Gasteiger partial charge >= 0.3 is 0 Å². The Morgan fingerprint density at radius 1 is 1.53 bits per heavy atom. The van der Waals surface area contributed by atoms with Crippen LogP contribution >= 0.6 is 0 Å². The SMILES string of the molecule is CC1COCCN1c1cc(N)cc([N+](=O)[O-])c1. The molecule has 92 valence electrons. The molecule has 0 amide bonds. The molecule has 1 aliphatic heterocycles. The van der Waals surface area contributed by atoms with Gasteiger partial charge in [-0.05, 0) is 13.0 Å². The number of nitrogens with two attached hydrogens (primary N) is 1. The molecule has 1 aliphatic rings. The van der Waals surface area contributed by atoms with E-state index in [1.54, 1.807) is 12.1 Å². The standard InChI is InChI=1S/C11H15N3O3/c1-8-7-17-3-2-13(8)10-4-9(12)5-11(6-10)14(15)16/h4-6,8H,2-3,7,12H2,1H3. The molecule has 2 N–H and O–H groups in total. The molecule has 6 nitrogen and oxygen atoms in total. The lowest BCUT2D eigenvalue weighted by atomic mass is 10.2. The molecule has 1 heterocycles. The van der Waals surface area contributed by atoms with E-state index in [1.807, 2.05) is 6.92 Å². The van der Waals surface area contributed by atoms with Crippen LogP contribution in [0.1, 0.15) is 6.92 Å². The molecule has 1 saturated heterocycles. The first-order valence-corrected chi connectivity index (χ1v) is 5.47. The summed E-state index contributed by atoms with van der Waals surface area (Å²) in [5.41, 5.74) is 6.91. The summed E-state index contributed by atoms with van der Waals surface area (Å²) < 4.78 is 5.33. The van der Waals surface area contributed by atoms with Crippen molar-refractivity contribution in [3.8, 4) is 0 Å². The first-order valence-electron chi connectivity index (χ1n) is 5.47. The molecule has 0 aromatic heterocycles. The second-order valence-corrected chi connectivity index (χ2v) is 4.16. The van der Waals surface area contributed by atoms with Crippen molar-refractivity contribution >= 4 is 17.1 Å². The number of hydrogen-bond acceptors (Lipinski definition) is 5. The summed E-state index contributed by atoms with van der Waals surface area (Å²) in [6.45, 7) is 4.01. The number of nitrogen functional groups attached to an aromatic ring is 1. The Morgan fingerprint density at radius 2 is 2.29 bits per heavy atom. The number of non-ortho nitro benzene ring substituents is 1. The molecule has 0 saturated carbocycles. The van der Waals surface area contributed by atoms with Crippen molar-refractivity contribution in [3.05, 3.63) is 28.3 Å². The van der Waals surface area contributed by atoms with Crippen molar-refractivity contribution in [1.82, 2.24) is 0 Å². The molecule has 6 heteroatoms. The van der Waals surface area contributed by atoms with Crippen LogP contribution in [0, 0.1) is 10.1 Å². The van der Waals surface area contributed by atoms with Crippen molar-refractivity contribution in [2.75, 3.05) is 30.4 Å². The van der Waals surface area contributed by atoms with E-state index in [0.29, 0.717) is 18.9 Å². The first-order chi connectivity index (χ1) is 8.08. The molecule has 2 rings (SSSR count).